The van der Waals surface area contributed by atoms with Crippen LogP contribution in [0.15, 0.2) is 70.9 Å². The van der Waals surface area contributed by atoms with Gasteiger partial charge in [-0.25, -0.2) is 8.78 Å². The van der Waals surface area contributed by atoms with Gasteiger partial charge in [-0.15, -0.1) is 0 Å². The fourth-order valence-corrected chi connectivity index (χ4v) is 5.85. The lowest BCUT2D eigenvalue weighted by atomic mass is 9.72. The Morgan fingerprint density at radius 1 is 1.18 bits per heavy atom. The minimum Gasteiger partial charge on any atom is -0.478 e. The number of carbonyl (C=O) groups excluding carboxylic acids is 2. The Hall–Kier alpha value is -3.88. The lowest BCUT2D eigenvalue weighted by Crippen LogP contribution is -2.44. The Morgan fingerprint density at radius 3 is 2.55 bits per heavy atom. The van der Waals surface area contributed by atoms with Crippen molar-refractivity contribution in [3.63, 3.8) is 0 Å². The summed E-state index contributed by atoms with van der Waals surface area (Å²) in [7, 11) is 1.45. The fraction of sp³-hybridized carbons (Fsp3) is 0.419. The van der Waals surface area contributed by atoms with Gasteiger partial charge in [0.1, 0.15) is 17.4 Å². The van der Waals surface area contributed by atoms with E-state index < -0.39 is 17.7 Å². The highest BCUT2D eigenvalue weighted by Gasteiger charge is 2.45. The quantitative estimate of drug-likeness (QED) is 0.281. The second-order valence-corrected chi connectivity index (χ2v) is 10.9. The third kappa shape index (κ3) is 5.98. The number of allylic oxidation sites excluding steroid dienone is 2. The van der Waals surface area contributed by atoms with Gasteiger partial charge in [0.25, 0.3) is 5.91 Å². The number of amides is 2. The Bertz CT molecular complexity index is 1330. The molecule has 1 fully saturated rings. The van der Waals surface area contributed by atoms with Crippen LogP contribution in [-0.4, -0.2) is 43.0 Å². The first kappa shape index (κ1) is 29.1. The topological polar surface area (TPSA) is 83.4 Å². The molecule has 4 rings (SSSR count). The summed E-state index contributed by atoms with van der Waals surface area (Å²) in [6.45, 7) is 11.4. The van der Waals surface area contributed by atoms with Gasteiger partial charge in [-0.2, -0.15) is 10.2 Å². The zero-order valence-corrected chi connectivity index (χ0v) is 23.4. The summed E-state index contributed by atoms with van der Waals surface area (Å²) in [5.41, 5.74) is 0.887. The van der Waals surface area contributed by atoms with Crippen LogP contribution >= 0.6 is 0 Å². The average molecular weight is 551 g/mol. The lowest BCUT2D eigenvalue weighted by molar-refractivity contribution is -0.137. The second kappa shape index (κ2) is 12.1. The van der Waals surface area contributed by atoms with Crippen LogP contribution in [0, 0.1) is 28.9 Å². The zero-order valence-electron chi connectivity index (χ0n) is 23.4. The molecule has 0 radical (unpaired) electrons. The maximum absolute atomic E-state index is 14.5. The van der Waals surface area contributed by atoms with Crippen molar-refractivity contribution in [1.82, 2.24) is 4.90 Å². The summed E-state index contributed by atoms with van der Waals surface area (Å²) in [6, 6.07) is 10.8. The summed E-state index contributed by atoms with van der Waals surface area (Å²) < 4.78 is 34.8. The normalized spacial score (nSPS) is 22.0. The molecule has 0 saturated heterocycles. The molecule has 0 bridgehead atoms. The van der Waals surface area contributed by atoms with E-state index in [4.69, 9.17) is 4.74 Å². The van der Waals surface area contributed by atoms with Gasteiger partial charge in [-0.05, 0) is 72.9 Å². The number of benzene rings is 2. The van der Waals surface area contributed by atoms with E-state index in [1.165, 1.54) is 25.2 Å². The van der Waals surface area contributed by atoms with Crippen molar-refractivity contribution in [2.24, 2.45) is 27.5 Å². The van der Waals surface area contributed by atoms with Crippen molar-refractivity contribution in [2.75, 3.05) is 25.5 Å². The van der Waals surface area contributed by atoms with Gasteiger partial charge in [-0.3, -0.25) is 9.59 Å². The van der Waals surface area contributed by atoms with Gasteiger partial charge in [-0.1, -0.05) is 38.6 Å². The highest BCUT2D eigenvalue weighted by Crippen LogP contribution is 2.51. The van der Waals surface area contributed by atoms with E-state index in [0.29, 0.717) is 30.1 Å². The summed E-state index contributed by atoms with van der Waals surface area (Å²) in [4.78, 5) is 27.6. The number of carbonyl (C=O) groups is 2. The number of para-hydroxylation sites is 2. The number of rotatable bonds is 9. The molecule has 9 heteroatoms. The maximum atomic E-state index is 14.5. The first-order chi connectivity index (χ1) is 19.1. The van der Waals surface area contributed by atoms with Gasteiger partial charge in [0.2, 0.25) is 5.91 Å². The number of nitrogens with zero attached hydrogens (tertiary/aromatic N) is 3. The van der Waals surface area contributed by atoms with Crippen molar-refractivity contribution in [3.05, 3.63) is 77.9 Å². The number of ether oxygens (including phenoxy) is 1. The van der Waals surface area contributed by atoms with Gasteiger partial charge >= 0.3 is 0 Å². The van der Waals surface area contributed by atoms with Gasteiger partial charge in [0.15, 0.2) is 6.10 Å². The Kier molecular flexibility index (Phi) is 8.81. The number of hydrogen-bond acceptors (Lipinski definition) is 5. The molecule has 2 aliphatic rings. The van der Waals surface area contributed by atoms with E-state index >= 15 is 0 Å². The molecule has 2 aromatic rings. The molecule has 0 spiro atoms. The minimum absolute atomic E-state index is 0.00663. The molecule has 212 valence electrons. The van der Waals surface area contributed by atoms with Crippen LogP contribution in [0.2, 0.25) is 0 Å². The standard InChI is InChI=1S/C31H36F2N4O3/c1-6-37(28(38)17-27-30(39)35-24-12-7-8-13-26(24)40-27)18-20-14-15-21(31(20,3)4)19(2)16-25(36-34-5)29-22(32)10-9-11-23(29)33/h7-13,16,20-21,27H,2,6,14-15,17-18H2,1,3-5H3,(H,35,39)/b25-16-,36-34?/t20?,21-,27?/m0/s1. The summed E-state index contributed by atoms with van der Waals surface area (Å²) >= 11 is 0. The molecule has 1 aliphatic carbocycles. The van der Waals surface area contributed by atoms with Crippen LogP contribution in [0.1, 0.15) is 45.6 Å². The SMILES string of the molecule is C=C(/C=C(\N=NC)c1c(F)cccc1F)[C@@H]1CCC(CN(CC)C(=O)CC2Oc3ccccc3NC2=O)C1(C)C. The highest BCUT2D eigenvalue weighted by atomic mass is 19.1. The monoisotopic (exact) mass is 550 g/mol. The summed E-state index contributed by atoms with van der Waals surface area (Å²) in [5.74, 6) is -1.22. The van der Waals surface area contributed by atoms with Crippen LogP contribution in [0.5, 0.6) is 5.75 Å². The van der Waals surface area contributed by atoms with Crippen molar-refractivity contribution < 1.29 is 23.1 Å². The minimum atomic E-state index is -0.893. The van der Waals surface area contributed by atoms with E-state index in [0.717, 1.165) is 12.8 Å². The predicted molar refractivity (Wildman–Crippen MR) is 151 cm³/mol. The van der Waals surface area contributed by atoms with E-state index in [2.05, 4.69) is 36.0 Å². The van der Waals surface area contributed by atoms with Crippen LogP contribution in [-0.2, 0) is 9.59 Å². The molecule has 1 aliphatic heterocycles. The van der Waals surface area contributed by atoms with E-state index in [9.17, 15) is 18.4 Å². The number of halogens is 2. The van der Waals surface area contributed by atoms with Crippen molar-refractivity contribution in [1.29, 1.82) is 0 Å². The highest BCUT2D eigenvalue weighted by molar-refractivity contribution is 5.99. The number of azo groups is 1. The van der Waals surface area contributed by atoms with E-state index in [-0.39, 0.29) is 46.7 Å². The molecular weight excluding hydrogens is 514 g/mol. The van der Waals surface area contributed by atoms with E-state index in [1.54, 1.807) is 29.2 Å². The number of fused-ring (bicyclic) bond motifs is 1. The lowest BCUT2D eigenvalue weighted by Gasteiger charge is -2.37. The second-order valence-electron chi connectivity index (χ2n) is 10.9. The third-order valence-corrected chi connectivity index (χ3v) is 8.19. The average Bonchev–Trinajstić information content (AvgIpc) is 3.20. The molecule has 1 N–H and O–H groups in total. The molecule has 7 nitrogen and oxygen atoms in total. The predicted octanol–water partition coefficient (Wildman–Crippen LogP) is 6.63. The molecule has 2 amide bonds. The first-order valence-corrected chi connectivity index (χ1v) is 13.6. The number of anilines is 1. The molecule has 40 heavy (non-hydrogen) atoms. The molecule has 1 saturated carbocycles. The van der Waals surface area contributed by atoms with Crippen molar-refractivity contribution in [2.45, 2.75) is 46.1 Å². The molecule has 3 atom stereocenters. The van der Waals surface area contributed by atoms with Crippen molar-refractivity contribution in [3.8, 4) is 5.75 Å². The number of nitrogens with one attached hydrogen (secondary N) is 1. The van der Waals surface area contributed by atoms with Gasteiger partial charge in [0, 0.05) is 20.1 Å². The number of hydrogen-bond donors (Lipinski definition) is 1. The zero-order chi connectivity index (χ0) is 29.0. The van der Waals surface area contributed by atoms with Crippen LogP contribution in [0.4, 0.5) is 14.5 Å². The molecule has 2 aromatic carbocycles. The summed E-state index contributed by atoms with van der Waals surface area (Å²) in [6.07, 6.45) is 2.32. The first-order valence-electron chi connectivity index (χ1n) is 13.6. The Labute approximate surface area is 234 Å². The molecular formula is C31H36F2N4O3. The Balaban J connectivity index is 1.46. The molecule has 1 heterocycles. The van der Waals surface area contributed by atoms with E-state index in [1.807, 2.05) is 13.0 Å². The van der Waals surface area contributed by atoms with Crippen LogP contribution in [0.25, 0.3) is 5.70 Å². The fourth-order valence-electron chi connectivity index (χ4n) is 5.85. The Morgan fingerprint density at radius 2 is 1.88 bits per heavy atom. The van der Waals surface area contributed by atoms with Gasteiger partial charge in [0.05, 0.1) is 23.4 Å². The maximum Gasteiger partial charge on any atom is 0.266 e. The van der Waals surface area contributed by atoms with Crippen molar-refractivity contribution >= 4 is 23.2 Å². The molecule has 0 aromatic heterocycles. The smallest absolute Gasteiger partial charge is 0.266 e. The van der Waals surface area contributed by atoms with Crippen LogP contribution in [0.3, 0.4) is 0 Å². The molecule has 2 unspecified atom stereocenters. The van der Waals surface area contributed by atoms with Gasteiger partial charge < -0.3 is 15.0 Å². The third-order valence-electron chi connectivity index (χ3n) is 8.19. The summed E-state index contributed by atoms with van der Waals surface area (Å²) in [5, 5.41) is 10.6. The largest absolute Gasteiger partial charge is 0.478 e. The van der Waals surface area contributed by atoms with Crippen LogP contribution < -0.4 is 10.1 Å².